The standard InChI is InChI=1S/C12H12ClF3N2O3/c1-7(2)10(13)18-21-11(19)17-8-3-5-9(6-4-8)20-12(14,15)16/h3-7H,1-2H3,(H,17,19). The van der Waals surface area contributed by atoms with E-state index in [4.69, 9.17) is 11.6 Å². The van der Waals surface area contributed by atoms with Crippen molar-refractivity contribution < 1.29 is 27.5 Å². The van der Waals surface area contributed by atoms with Gasteiger partial charge in [-0.15, -0.1) is 13.2 Å². The monoisotopic (exact) mass is 324 g/mol. The smallest absolute Gasteiger partial charge is 0.406 e. The molecule has 1 aromatic rings. The Bertz CT molecular complexity index is 515. The Kier molecular flexibility index (Phi) is 5.83. The molecule has 0 saturated carbocycles. The molecule has 0 unspecified atom stereocenters. The number of rotatable bonds is 4. The van der Waals surface area contributed by atoms with Gasteiger partial charge in [-0.05, 0) is 24.3 Å². The molecular formula is C12H12ClF3N2O3. The zero-order chi connectivity index (χ0) is 16.0. The average Bonchev–Trinajstić information content (AvgIpc) is 2.36. The molecule has 0 fully saturated rings. The van der Waals surface area contributed by atoms with Crippen molar-refractivity contribution >= 4 is 28.6 Å². The fourth-order valence-electron chi connectivity index (χ4n) is 1.07. The summed E-state index contributed by atoms with van der Waals surface area (Å²) in [5, 5.41) is 5.76. The Morgan fingerprint density at radius 3 is 2.33 bits per heavy atom. The Morgan fingerprint density at radius 2 is 1.86 bits per heavy atom. The van der Waals surface area contributed by atoms with Gasteiger partial charge in [-0.3, -0.25) is 10.2 Å². The van der Waals surface area contributed by atoms with Crippen molar-refractivity contribution in [3.8, 4) is 5.75 Å². The van der Waals surface area contributed by atoms with E-state index < -0.39 is 18.2 Å². The lowest BCUT2D eigenvalue weighted by Gasteiger charge is -2.09. The van der Waals surface area contributed by atoms with Gasteiger partial charge in [-0.2, -0.15) is 0 Å². The second-order valence-electron chi connectivity index (χ2n) is 4.14. The number of halogens is 4. The van der Waals surface area contributed by atoms with E-state index >= 15 is 0 Å². The van der Waals surface area contributed by atoms with Crippen molar-refractivity contribution in [2.45, 2.75) is 20.2 Å². The molecule has 0 aliphatic carbocycles. The third-order valence-electron chi connectivity index (χ3n) is 2.03. The van der Waals surface area contributed by atoms with Crippen LogP contribution >= 0.6 is 11.6 Å². The van der Waals surface area contributed by atoms with Crippen molar-refractivity contribution in [1.29, 1.82) is 0 Å². The number of amides is 1. The maximum Gasteiger partial charge on any atom is 0.573 e. The summed E-state index contributed by atoms with van der Waals surface area (Å²) in [6.07, 6.45) is -5.69. The van der Waals surface area contributed by atoms with Gasteiger partial charge in [-0.1, -0.05) is 30.6 Å². The number of nitrogens with one attached hydrogen (secondary N) is 1. The number of benzene rings is 1. The molecule has 0 radical (unpaired) electrons. The van der Waals surface area contributed by atoms with Crippen molar-refractivity contribution in [2.75, 3.05) is 5.32 Å². The van der Waals surface area contributed by atoms with E-state index in [1.807, 2.05) is 0 Å². The van der Waals surface area contributed by atoms with Gasteiger partial charge >= 0.3 is 12.5 Å². The summed E-state index contributed by atoms with van der Waals surface area (Å²) in [5.74, 6) is -0.499. The van der Waals surface area contributed by atoms with Crippen LogP contribution in [0.25, 0.3) is 0 Å². The molecule has 9 heteroatoms. The SMILES string of the molecule is CC(C)C(Cl)=NOC(=O)Nc1ccc(OC(F)(F)F)cc1. The van der Waals surface area contributed by atoms with E-state index in [9.17, 15) is 18.0 Å². The first-order valence-corrected chi connectivity index (χ1v) is 6.12. The molecule has 0 aliphatic rings. The van der Waals surface area contributed by atoms with Gasteiger partial charge in [0.2, 0.25) is 0 Å². The molecule has 0 spiro atoms. The van der Waals surface area contributed by atoms with Gasteiger partial charge in [0.1, 0.15) is 10.9 Å². The highest BCUT2D eigenvalue weighted by Crippen LogP contribution is 2.23. The van der Waals surface area contributed by atoms with Gasteiger partial charge in [0.05, 0.1) is 0 Å². The number of alkyl halides is 3. The quantitative estimate of drug-likeness (QED) is 0.509. The summed E-state index contributed by atoms with van der Waals surface area (Å²) in [6, 6.07) is 4.53. The lowest BCUT2D eigenvalue weighted by molar-refractivity contribution is -0.274. The second-order valence-corrected chi connectivity index (χ2v) is 4.53. The second kappa shape index (κ2) is 7.16. The molecule has 1 aromatic carbocycles. The molecule has 0 atom stereocenters. The Labute approximate surface area is 123 Å². The summed E-state index contributed by atoms with van der Waals surface area (Å²) < 4.78 is 39.5. The highest BCUT2D eigenvalue weighted by atomic mass is 35.5. The van der Waals surface area contributed by atoms with Crippen LogP contribution in [-0.4, -0.2) is 17.6 Å². The maximum atomic E-state index is 12.0. The summed E-state index contributed by atoms with van der Waals surface area (Å²) >= 11 is 5.67. The number of carbonyl (C=O) groups is 1. The highest BCUT2D eigenvalue weighted by Gasteiger charge is 2.30. The largest absolute Gasteiger partial charge is 0.573 e. The molecule has 116 valence electrons. The lowest BCUT2D eigenvalue weighted by Crippen LogP contribution is -2.17. The van der Waals surface area contributed by atoms with E-state index in [1.54, 1.807) is 13.8 Å². The number of carbonyl (C=O) groups excluding carboxylic acids is 1. The first-order valence-electron chi connectivity index (χ1n) is 5.74. The summed E-state index contributed by atoms with van der Waals surface area (Å²) in [5.41, 5.74) is 0.213. The third kappa shape index (κ3) is 6.84. The predicted molar refractivity (Wildman–Crippen MR) is 71.4 cm³/mol. The normalized spacial score (nSPS) is 12.2. The van der Waals surface area contributed by atoms with Crippen LogP contribution in [-0.2, 0) is 4.84 Å². The van der Waals surface area contributed by atoms with E-state index in [1.165, 1.54) is 12.1 Å². The van der Waals surface area contributed by atoms with E-state index in [0.717, 1.165) is 12.1 Å². The lowest BCUT2D eigenvalue weighted by atomic mass is 10.2. The van der Waals surface area contributed by atoms with Gasteiger partial charge in [0.15, 0.2) is 0 Å². The Morgan fingerprint density at radius 1 is 1.29 bits per heavy atom. The maximum absolute atomic E-state index is 12.0. The molecule has 1 amide bonds. The van der Waals surface area contributed by atoms with Crippen LogP contribution in [0.2, 0.25) is 0 Å². The minimum atomic E-state index is -4.77. The van der Waals surface area contributed by atoms with E-state index in [0.29, 0.717) is 0 Å². The minimum absolute atomic E-state index is 0.0988. The van der Waals surface area contributed by atoms with Gasteiger partial charge in [-0.25, -0.2) is 4.79 Å². The average molecular weight is 325 g/mol. The molecule has 0 heterocycles. The first-order chi connectivity index (χ1) is 9.67. The van der Waals surface area contributed by atoms with Gasteiger partial charge < -0.3 is 4.74 Å². The molecule has 5 nitrogen and oxygen atoms in total. The van der Waals surface area contributed by atoms with E-state index in [2.05, 4.69) is 20.0 Å². The van der Waals surface area contributed by atoms with Crippen LogP contribution < -0.4 is 10.1 Å². The molecule has 0 aromatic heterocycles. The molecule has 0 saturated heterocycles. The van der Waals surface area contributed by atoms with Crippen LogP contribution in [0.3, 0.4) is 0 Å². The van der Waals surface area contributed by atoms with Crippen LogP contribution in [0.1, 0.15) is 13.8 Å². The number of hydrogen-bond acceptors (Lipinski definition) is 4. The number of ether oxygens (including phenoxy) is 1. The number of anilines is 1. The zero-order valence-corrected chi connectivity index (χ0v) is 11.8. The minimum Gasteiger partial charge on any atom is -0.406 e. The fraction of sp³-hybridized carbons (Fsp3) is 0.333. The van der Waals surface area contributed by atoms with Crippen LogP contribution in [0, 0.1) is 5.92 Å². The molecule has 1 rings (SSSR count). The van der Waals surface area contributed by atoms with E-state index in [-0.39, 0.29) is 16.8 Å². The Balaban J connectivity index is 2.56. The van der Waals surface area contributed by atoms with Gasteiger partial charge in [0, 0.05) is 11.6 Å². The number of hydrogen-bond donors (Lipinski definition) is 1. The number of oxime groups is 1. The number of nitrogens with zero attached hydrogens (tertiary/aromatic N) is 1. The summed E-state index contributed by atoms with van der Waals surface area (Å²) in [6.45, 7) is 3.51. The van der Waals surface area contributed by atoms with Crippen molar-refractivity contribution in [3.05, 3.63) is 24.3 Å². The zero-order valence-electron chi connectivity index (χ0n) is 11.1. The fourth-order valence-corrected chi connectivity index (χ4v) is 1.11. The Hall–Kier alpha value is -1.96. The van der Waals surface area contributed by atoms with Crippen molar-refractivity contribution in [2.24, 2.45) is 11.1 Å². The summed E-state index contributed by atoms with van der Waals surface area (Å²) in [7, 11) is 0. The van der Waals surface area contributed by atoms with Gasteiger partial charge in [0.25, 0.3) is 0 Å². The topological polar surface area (TPSA) is 59.9 Å². The molecule has 1 N–H and O–H groups in total. The molecule has 0 aliphatic heterocycles. The third-order valence-corrected chi connectivity index (χ3v) is 2.53. The van der Waals surface area contributed by atoms with Crippen LogP contribution in [0.15, 0.2) is 29.4 Å². The van der Waals surface area contributed by atoms with Crippen LogP contribution in [0.5, 0.6) is 5.75 Å². The molecule has 0 bridgehead atoms. The summed E-state index contributed by atoms with van der Waals surface area (Å²) in [4.78, 5) is 15.8. The first kappa shape index (κ1) is 17.1. The predicted octanol–water partition coefficient (Wildman–Crippen LogP) is 4.34. The molecular weight excluding hydrogens is 313 g/mol. The highest BCUT2D eigenvalue weighted by molar-refractivity contribution is 6.65. The molecule has 21 heavy (non-hydrogen) atoms. The van der Waals surface area contributed by atoms with Crippen molar-refractivity contribution in [3.63, 3.8) is 0 Å². The van der Waals surface area contributed by atoms with Crippen molar-refractivity contribution in [1.82, 2.24) is 0 Å². The van der Waals surface area contributed by atoms with Crippen LogP contribution in [0.4, 0.5) is 23.7 Å².